The van der Waals surface area contributed by atoms with Gasteiger partial charge in [-0.2, -0.15) is 0 Å². The maximum Gasteiger partial charge on any atom is 0.270 e. The molecule has 0 aliphatic heterocycles. The van der Waals surface area contributed by atoms with Gasteiger partial charge in [0.15, 0.2) is 0 Å². The molecule has 1 heterocycles. The second kappa shape index (κ2) is 6.12. The number of amides is 1. The number of pyridine rings is 1. The zero-order valence-corrected chi connectivity index (χ0v) is 11.0. The smallest absolute Gasteiger partial charge is 0.270 e. The highest BCUT2D eigenvalue weighted by Crippen LogP contribution is 2.22. The van der Waals surface area contributed by atoms with Crippen LogP contribution in [-0.2, 0) is 6.54 Å². The molecular weight excluding hydrogens is 282 g/mol. The number of nitro groups is 1. The average Bonchev–Trinajstić information content (AvgIpc) is 2.45. The second-order valence-corrected chi connectivity index (χ2v) is 4.37. The van der Waals surface area contributed by atoms with E-state index < -0.39 is 10.8 Å². The summed E-state index contributed by atoms with van der Waals surface area (Å²) in [5.74, 6) is -0.395. The number of nitro benzene ring substituents is 1. The minimum Gasteiger partial charge on any atom is -0.348 e. The number of halogens is 1. The van der Waals surface area contributed by atoms with Crippen LogP contribution in [0.1, 0.15) is 15.9 Å². The molecule has 20 heavy (non-hydrogen) atoms. The molecule has 0 saturated carbocycles. The molecule has 0 radical (unpaired) electrons. The van der Waals surface area contributed by atoms with E-state index in [0.29, 0.717) is 6.54 Å². The molecule has 0 bridgehead atoms. The molecule has 1 amide bonds. The van der Waals surface area contributed by atoms with Crippen molar-refractivity contribution in [1.29, 1.82) is 0 Å². The van der Waals surface area contributed by atoms with Crippen molar-refractivity contribution in [2.75, 3.05) is 0 Å². The summed E-state index contributed by atoms with van der Waals surface area (Å²) in [5.41, 5.74) is 0.888. The average molecular weight is 292 g/mol. The molecule has 1 N–H and O–H groups in total. The van der Waals surface area contributed by atoms with Crippen LogP contribution in [0.3, 0.4) is 0 Å². The first-order valence-electron chi connectivity index (χ1n) is 5.69. The fraction of sp³-hybridized carbons (Fsp3) is 0.0769. The Morgan fingerprint density at radius 2 is 2.20 bits per heavy atom. The van der Waals surface area contributed by atoms with Crippen LogP contribution in [0, 0.1) is 10.1 Å². The van der Waals surface area contributed by atoms with Gasteiger partial charge in [-0.3, -0.25) is 19.9 Å². The summed E-state index contributed by atoms with van der Waals surface area (Å²) in [5, 5.41) is 13.3. The number of nitrogens with one attached hydrogen (secondary N) is 1. The van der Waals surface area contributed by atoms with Crippen molar-refractivity contribution in [3.05, 3.63) is 69.0 Å². The number of carbonyl (C=O) groups excluding carboxylic acids is 1. The Labute approximate surface area is 119 Å². The Morgan fingerprint density at radius 3 is 2.80 bits per heavy atom. The third-order valence-corrected chi connectivity index (χ3v) is 2.90. The number of rotatable bonds is 4. The van der Waals surface area contributed by atoms with Crippen LogP contribution in [0.4, 0.5) is 5.69 Å². The molecule has 0 fully saturated rings. The van der Waals surface area contributed by atoms with Crippen molar-refractivity contribution in [3.8, 4) is 0 Å². The minimum atomic E-state index is -0.566. The third kappa shape index (κ3) is 3.30. The lowest BCUT2D eigenvalue weighted by Gasteiger charge is -2.06. The molecule has 6 nitrogen and oxygen atoms in total. The maximum absolute atomic E-state index is 11.9. The Morgan fingerprint density at radius 1 is 1.40 bits per heavy atom. The summed E-state index contributed by atoms with van der Waals surface area (Å²) in [6.07, 6.45) is 3.27. The van der Waals surface area contributed by atoms with Crippen molar-refractivity contribution < 1.29 is 9.72 Å². The quantitative estimate of drug-likeness (QED) is 0.693. The van der Waals surface area contributed by atoms with Gasteiger partial charge in [-0.25, -0.2) is 0 Å². The second-order valence-electron chi connectivity index (χ2n) is 3.97. The Bertz CT molecular complexity index is 647. The molecule has 1 aromatic heterocycles. The normalized spacial score (nSPS) is 10.1. The van der Waals surface area contributed by atoms with Gasteiger partial charge in [-0.1, -0.05) is 17.7 Å². The maximum atomic E-state index is 11.9. The first-order chi connectivity index (χ1) is 9.58. The van der Waals surface area contributed by atoms with Gasteiger partial charge in [0.1, 0.15) is 0 Å². The number of nitrogens with zero attached hydrogens (tertiary/aromatic N) is 2. The van der Waals surface area contributed by atoms with Crippen LogP contribution >= 0.6 is 11.6 Å². The van der Waals surface area contributed by atoms with Crippen LogP contribution < -0.4 is 5.32 Å². The Kier molecular flexibility index (Phi) is 4.27. The third-order valence-electron chi connectivity index (χ3n) is 2.58. The molecule has 0 atom stereocenters. The van der Waals surface area contributed by atoms with E-state index >= 15 is 0 Å². The van der Waals surface area contributed by atoms with E-state index in [-0.39, 0.29) is 16.3 Å². The molecule has 0 aliphatic rings. The van der Waals surface area contributed by atoms with E-state index in [1.807, 2.05) is 6.07 Å². The summed E-state index contributed by atoms with van der Waals surface area (Å²) < 4.78 is 0. The Balaban J connectivity index is 2.08. The zero-order valence-electron chi connectivity index (χ0n) is 10.2. The zero-order chi connectivity index (χ0) is 14.5. The fourth-order valence-corrected chi connectivity index (χ4v) is 1.84. The van der Waals surface area contributed by atoms with Gasteiger partial charge in [0, 0.05) is 31.1 Å². The van der Waals surface area contributed by atoms with Crippen LogP contribution in [0.15, 0.2) is 42.7 Å². The van der Waals surface area contributed by atoms with Crippen LogP contribution in [-0.4, -0.2) is 15.8 Å². The number of hydrogen-bond acceptors (Lipinski definition) is 4. The van der Waals surface area contributed by atoms with Gasteiger partial charge in [0.25, 0.3) is 11.6 Å². The van der Waals surface area contributed by atoms with Gasteiger partial charge in [-0.15, -0.1) is 0 Å². The van der Waals surface area contributed by atoms with E-state index in [1.165, 1.54) is 12.1 Å². The summed E-state index contributed by atoms with van der Waals surface area (Å²) in [6.45, 7) is 0.306. The van der Waals surface area contributed by atoms with Gasteiger partial charge in [0.2, 0.25) is 0 Å². The number of non-ortho nitro benzene ring substituents is 1. The van der Waals surface area contributed by atoms with Crippen LogP contribution in [0.2, 0.25) is 5.02 Å². The molecule has 0 spiro atoms. The topological polar surface area (TPSA) is 85.1 Å². The summed E-state index contributed by atoms with van der Waals surface area (Å²) in [7, 11) is 0. The molecule has 0 unspecified atom stereocenters. The van der Waals surface area contributed by atoms with E-state index in [2.05, 4.69) is 10.3 Å². The standard InChI is InChI=1S/C13H10ClN3O3/c14-12-6-10(17(19)20)3-4-11(12)13(18)16-8-9-2-1-5-15-7-9/h1-7H,8H2,(H,16,18). The molecular formula is C13H10ClN3O3. The lowest BCUT2D eigenvalue weighted by atomic mass is 10.2. The predicted octanol–water partition coefficient (Wildman–Crippen LogP) is 2.57. The Hall–Kier alpha value is -2.47. The van der Waals surface area contributed by atoms with Crippen molar-refractivity contribution in [3.63, 3.8) is 0 Å². The van der Waals surface area contributed by atoms with Gasteiger partial charge in [-0.05, 0) is 17.7 Å². The molecule has 0 aliphatic carbocycles. The fourth-order valence-electron chi connectivity index (χ4n) is 1.58. The van der Waals surface area contributed by atoms with Crippen molar-refractivity contribution in [2.24, 2.45) is 0 Å². The van der Waals surface area contributed by atoms with E-state index in [9.17, 15) is 14.9 Å². The number of carbonyl (C=O) groups is 1. The van der Waals surface area contributed by atoms with E-state index in [0.717, 1.165) is 11.6 Å². The summed E-state index contributed by atoms with van der Waals surface area (Å²) in [6, 6.07) is 7.31. The SMILES string of the molecule is O=C(NCc1cccnc1)c1ccc([N+](=O)[O-])cc1Cl. The summed E-state index contributed by atoms with van der Waals surface area (Å²) >= 11 is 5.87. The first-order valence-corrected chi connectivity index (χ1v) is 6.07. The molecule has 0 saturated heterocycles. The monoisotopic (exact) mass is 291 g/mol. The highest BCUT2D eigenvalue weighted by atomic mass is 35.5. The molecule has 7 heteroatoms. The molecule has 1 aromatic carbocycles. The summed E-state index contributed by atoms with van der Waals surface area (Å²) in [4.78, 5) is 25.9. The number of hydrogen-bond donors (Lipinski definition) is 1. The van der Waals surface area contributed by atoms with Crippen molar-refractivity contribution in [1.82, 2.24) is 10.3 Å². The number of aromatic nitrogens is 1. The molecule has 2 aromatic rings. The molecule has 2 rings (SSSR count). The van der Waals surface area contributed by atoms with Gasteiger partial charge < -0.3 is 5.32 Å². The van der Waals surface area contributed by atoms with Gasteiger partial charge in [0.05, 0.1) is 15.5 Å². The van der Waals surface area contributed by atoms with E-state index in [4.69, 9.17) is 11.6 Å². The number of benzene rings is 1. The lowest BCUT2D eigenvalue weighted by Crippen LogP contribution is -2.23. The first kappa shape index (κ1) is 14.0. The molecule has 102 valence electrons. The van der Waals surface area contributed by atoms with Crippen LogP contribution in [0.25, 0.3) is 0 Å². The van der Waals surface area contributed by atoms with Crippen molar-refractivity contribution >= 4 is 23.2 Å². The minimum absolute atomic E-state index is 0.0443. The lowest BCUT2D eigenvalue weighted by molar-refractivity contribution is -0.384. The largest absolute Gasteiger partial charge is 0.348 e. The van der Waals surface area contributed by atoms with Crippen molar-refractivity contribution in [2.45, 2.75) is 6.54 Å². The van der Waals surface area contributed by atoms with Gasteiger partial charge >= 0.3 is 0 Å². The highest BCUT2D eigenvalue weighted by Gasteiger charge is 2.14. The van der Waals surface area contributed by atoms with E-state index in [1.54, 1.807) is 18.5 Å². The van der Waals surface area contributed by atoms with Crippen LogP contribution in [0.5, 0.6) is 0 Å². The highest BCUT2D eigenvalue weighted by molar-refractivity contribution is 6.34. The predicted molar refractivity (Wildman–Crippen MR) is 73.5 cm³/mol.